The number of anilines is 1. The molecule has 0 aliphatic rings. The fraction of sp³-hybridized carbons (Fsp3) is 0.423. The van der Waals surface area contributed by atoms with Crippen LogP contribution in [0.1, 0.15) is 63.6 Å². The number of ether oxygens (including phenoxy) is 1. The first kappa shape index (κ1) is 26.1. The van der Waals surface area contributed by atoms with E-state index in [1.165, 1.54) is 11.8 Å². The van der Waals surface area contributed by atoms with Gasteiger partial charge in [0.2, 0.25) is 5.91 Å². The molecule has 0 aliphatic carbocycles. The van der Waals surface area contributed by atoms with Gasteiger partial charge in [-0.15, -0.1) is 10.2 Å². The molecule has 0 bridgehead atoms. The second kappa shape index (κ2) is 11.8. The van der Waals surface area contributed by atoms with E-state index < -0.39 is 0 Å². The molecule has 1 atom stereocenters. The fourth-order valence-corrected chi connectivity index (χ4v) is 4.54. The standard InChI is InChI=1S/C26H33ClN4O2S/c1-16(2)14-31-25(19(6)33-23-13-8-7-10-20(23)17(3)4)29-30-26(31)34-15-24(32)28-22-12-9-11-21(27)18(22)5/h7-13,16-17,19H,14-15H2,1-6H3,(H,28,32). The Morgan fingerprint density at radius 3 is 2.53 bits per heavy atom. The van der Waals surface area contributed by atoms with E-state index in [0.717, 1.165) is 29.2 Å². The van der Waals surface area contributed by atoms with Gasteiger partial charge in [-0.1, -0.05) is 75.3 Å². The SMILES string of the molecule is Cc1c(Cl)cccc1NC(=O)CSc1nnc(C(C)Oc2ccccc2C(C)C)n1CC(C)C. The lowest BCUT2D eigenvalue weighted by Gasteiger charge is -2.20. The molecule has 2 aromatic carbocycles. The van der Waals surface area contributed by atoms with Crippen molar-refractivity contribution in [2.75, 3.05) is 11.1 Å². The van der Waals surface area contributed by atoms with Gasteiger partial charge in [-0.05, 0) is 55.0 Å². The Morgan fingerprint density at radius 2 is 1.82 bits per heavy atom. The number of thioether (sulfide) groups is 1. The summed E-state index contributed by atoms with van der Waals surface area (Å²) < 4.78 is 8.40. The van der Waals surface area contributed by atoms with Gasteiger partial charge in [0.05, 0.1) is 5.75 Å². The lowest BCUT2D eigenvalue weighted by molar-refractivity contribution is -0.113. The Kier molecular flexibility index (Phi) is 9.03. The van der Waals surface area contributed by atoms with Crippen molar-refractivity contribution in [3.05, 3.63) is 64.4 Å². The number of nitrogens with one attached hydrogen (secondary N) is 1. The molecule has 3 rings (SSSR count). The van der Waals surface area contributed by atoms with Crippen molar-refractivity contribution in [2.24, 2.45) is 5.92 Å². The molecule has 8 heteroatoms. The Labute approximate surface area is 211 Å². The number of nitrogens with zero attached hydrogens (tertiary/aromatic N) is 3. The number of benzene rings is 2. The summed E-state index contributed by atoms with van der Waals surface area (Å²) in [5, 5.41) is 13.1. The van der Waals surface area contributed by atoms with Crippen molar-refractivity contribution in [3.63, 3.8) is 0 Å². The zero-order valence-corrected chi connectivity index (χ0v) is 22.2. The summed E-state index contributed by atoms with van der Waals surface area (Å²) in [4.78, 5) is 12.6. The highest BCUT2D eigenvalue weighted by Gasteiger charge is 2.22. The third-order valence-electron chi connectivity index (χ3n) is 5.38. The van der Waals surface area contributed by atoms with Gasteiger partial charge >= 0.3 is 0 Å². The van der Waals surface area contributed by atoms with Crippen LogP contribution < -0.4 is 10.1 Å². The number of carbonyl (C=O) groups is 1. The van der Waals surface area contributed by atoms with Crippen LogP contribution in [0.2, 0.25) is 5.02 Å². The Hall–Kier alpha value is -2.51. The van der Waals surface area contributed by atoms with Gasteiger partial charge in [0.15, 0.2) is 17.1 Å². The molecule has 3 aromatic rings. The number of aromatic nitrogens is 3. The summed E-state index contributed by atoms with van der Waals surface area (Å²) in [6, 6.07) is 13.6. The number of rotatable bonds is 10. The van der Waals surface area contributed by atoms with Crippen LogP contribution in [0.15, 0.2) is 47.6 Å². The minimum absolute atomic E-state index is 0.119. The van der Waals surface area contributed by atoms with Crippen LogP contribution in [0.3, 0.4) is 0 Å². The summed E-state index contributed by atoms with van der Waals surface area (Å²) in [5.41, 5.74) is 2.72. The van der Waals surface area contributed by atoms with Crippen LogP contribution in [0, 0.1) is 12.8 Å². The molecule has 6 nitrogen and oxygen atoms in total. The van der Waals surface area contributed by atoms with Gasteiger partial charge in [-0.25, -0.2) is 0 Å². The molecule has 0 saturated carbocycles. The minimum atomic E-state index is -0.288. The van der Waals surface area contributed by atoms with E-state index in [1.54, 1.807) is 6.07 Å². The summed E-state index contributed by atoms with van der Waals surface area (Å²) in [6.45, 7) is 13.2. The number of carbonyl (C=O) groups excluding carboxylic acids is 1. The normalized spacial score (nSPS) is 12.3. The molecular formula is C26H33ClN4O2S. The van der Waals surface area contributed by atoms with Crippen molar-refractivity contribution < 1.29 is 9.53 Å². The van der Waals surface area contributed by atoms with Gasteiger partial charge in [0.1, 0.15) is 5.75 Å². The van der Waals surface area contributed by atoms with Gasteiger partial charge < -0.3 is 14.6 Å². The van der Waals surface area contributed by atoms with E-state index in [2.05, 4.69) is 53.8 Å². The van der Waals surface area contributed by atoms with E-state index in [9.17, 15) is 4.79 Å². The maximum absolute atomic E-state index is 12.6. The first-order valence-electron chi connectivity index (χ1n) is 11.5. The second-order valence-electron chi connectivity index (χ2n) is 9.05. The third kappa shape index (κ3) is 6.54. The minimum Gasteiger partial charge on any atom is -0.482 e. The van der Waals surface area contributed by atoms with E-state index in [0.29, 0.717) is 27.7 Å². The fourth-order valence-electron chi connectivity index (χ4n) is 3.61. The van der Waals surface area contributed by atoms with Gasteiger partial charge in [-0.2, -0.15) is 0 Å². The van der Waals surface area contributed by atoms with Crippen molar-refractivity contribution in [1.82, 2.24) is 14.8 Å². The molecule has 182 valence electrons. The number of halogens is 1. The maximum Gasteiger partial charge on any atom is 0.234 e. The topological polar surface area (TPSA) is 69.0 Å². The predicted octanol–water partition coefficient (Wildman–Crippen LogP) is 6.89. The molecule has 0 spiro atoms. The number of amides is 1. The zero-order valence-electron chi connectivity index (χ0n) is 20.6. The Balaban J connectivity index is 1.75. The van der Waals surface area contributed by atoms with Crippen molar-refractivity contribution >= 4 is 35.0 Å². The molecule has 1 heterocycles. The molecule has 0 saturated heterocycles. The van der Waals surface area contributed by atoms with Crippen LogP contribution in [0.4, 0.5) is 5.69 Å². The summed E-state index contributed by atoms with van der Waals surface area (Å²) in [5.74, 6) is 2.44. The van der Waals surface area contributed by atoms with E-state index in [-0.39, 0.29) is 17.8 Å². The Morgan fingerprint density at radius 1 is 1.09 bits per heavy atom. The molecule has 0 radical (unpaired) electrons. The molecular weight excluding hydrogens is 468 g/mol. The highest BCUT2D eigenvalue weighted by Crippen LogP contribution is 2.31. The number of hydrogen-bond acceptors (Lipinski definition) is 5. The number of hydrogen-bond donors (Lipinski definition) is 1. The monoisotopic (exact) mass is 500 g/mol. The molecule has 0 fully saturated rings. The van der Waals surface area contributed by atoms with Gasteiger partial charge in [0, 0.05) is 17.3 Å². The average Bonchev–Trinajstić information content (AvgIpc) is 3.17. The lowest BCUT2D eigenvalue weighted by Crippen LogP contribution is -2.17. The molecule has 1 aromatic heterocycles. The summed E-state index contributed by atoms with van der Waals surface area (Å²) in [6.07, 6.45) is -0.288. The Bertz CT molecular complexity index is 1130. The van der Waals surface area contributed by atoms with Crippen LogP contribution in [0.5, 0.6) is 5.75 Å². The molecule has 1 unspecified atom stereocenters. The van der Waals surface area contributed by atoms with Gasteiger partial charge in [-0.3, -0.25) is 4.79 Å². The first-order chi connectivity index (χ1) is 16.2. The molecule has 34 heavy (non-hydrogen) atoms. The van der Waals surface area contributed by atoms with E-state index in [1.807, 2.05) is 44.2 Å². The van der Waals surface area contributed by atoms with Crippen molar-refractivity contribution in [2.45, 2.75) is 65.3 Å². The second-order valence-corrected chi connectivity index (χ2v) is 10.4. The largest absolute Gasteiger partial charge is 0.482 e. The maximum atomic E-state index is 12.6. The van der Waals surface area contributed by atoms with Crippen LogP contribution in [-0.2, 0) is 11.3 Å². The quantitative estimate of drug-likeness (QED) is 0.307. The average molecular weight is 501 g/mol. The highest BCUT2D eigenvalue weighted by molar-refractivity contribution is 7.99. The number of para-hydroxylation sites is 1. The lowest BCUT2D eigenvalue weighted by atomic mass is 10.0. The predicted molar refractivity (Wildman–Crippen MR) is 140 cm³/mol. The van der Waals surface area contributed by atoms with Gasteiger partial charge in [0.25, 0.3) is 0 Å². The van der Waals surface area contributed by atoms with E-state index >= 15 is 0 Å². The zero-order chi connectivity index (χ0) is 24.8. The van der Waals surface area contributed by atoms with E-state index in [4.69, 9.17) is 16.3 Å². The van der Waals surface area contributed by atoms with Crippen LogP contribution >= 0.6 is 23.4 Å². The summed E-state index contributed by atoms with van der Waals surface area (Å²) in [7, 11) is 0. The molecule has 0 aliphatic heterocycles. The smallest absolute Gasteiger partial charge is 0.234 e. The molecule has 1 amide bonds. The van der Waals surface area contributed by atoms with Crippen molar-refractivity contribution in [1.29, 1.82) is 0 Å². The van der Waals surface area contributed by atoms with Crippen molar-refractivity contribution in [3.8, 4) is 5.75 Å². The highest BCUT2D eigenvalue weighted by atomic mass is 35.5. The summed E-state index contributed by atoms with van der Waals surface area (Å²) >= 11 is 7.53. The van der Waals surface area contributed by atoms with Crippen LogP contribution in [0.25, 0.3) is 0 Å². The third-order valence-corrected chi connectivity index (χ3v) is 6.75. The van der Waals surface area contributed by atoms with Crippen LogP contribution in [-0.4, -0.2) is 26.4 Å². The first-order valence-corrected chi connectivity index (χ1v) is 12.9. The molecule has 1 N–H and O–H groups in total.